The highest BCUT2D eigenvalue weighted by atomic mass is 35.5. The number of fused-ring (bicyclic) bond motifs is 6. The number of aromatic carboxylic acids is 1. The molecule has 0 atom stereocenters. The molecule has 1 amide bonds. The number of nitrogens with zero attached hydrogens (tertiary/aromatic N) is 10. The van der Waals surface area contributed by atoms with Gasteiger partial charge in [-0.2, -0.15) is 20.4 Å². The van der Waals surface area contributed by atoms with Crippen LogP contribution >= 0.6 is 45.9 Å². The summed E-state index contributed by atoms with van der Waals surface area (Å²) < 4.78 is 4.15. The normalized spacial score (nSPS) is 11.1. The molecule has 0 saturated carbocycles. The molecule has 0 radical (unpaired) electrons. The Morgan fingerprint density at radius 2 is 1.21 bits per heavy atom. The third kappa shape index (κ3) is 8.95. The van der Waals surface area contributed by atoms with E-state index in [-0.39, 0.29) is 16.1 Å². The van der Waals surface area contributed by atoms with Crippen molar-refractivity contribution in [2.75, 3.05) is 24.6 Å². The smallest absolute Gasteiger partial charge is 0.355 e. The van der Waals surface area contributed by atoms with Crippen LogP contribution in [0.25, 0.3) is 66.1 Å². The monoisotopic (exact) mass is 894 g/mol. The number of nitrogen functional groups attached to an aromatic ring is 2. The van der Waals surface area contributed by atoms with Crippen molar-refractivity contribution in [2.24, 2.45) is 5.73 Å². The molecule has 0 aliphatic heterocycles. The maximum Gasteiger partial charge on any atom is 0.355 e. The van der Waals surface area contributed by atoms with Crippen LogP contribution < -0.4 is 22.5 Å². The molecule has 8 aromatic heterocycles. The number of carboxylic acid groups (broad SMARTS) is 1. The number of carbonyl (C=O) groups excluding carboxylic acids is 1. The Hall–Kier alpha value is -7.04. The van der Waals surface area contributed by atoms with Crippen LogP contribution in [0.1, 0.15) is 21.0 Å². The van der Waals surface area contributed by atoms with Gasteiger partial charge in [0.05, 0.1) is 46.3 Å². The van der Waals surface area contributed by atoms with E-state index in [1.54, 1.807) is 22.5 Å². The highest BCUT2D eigenvalue weighted by molar-refractivity contribution is 7.14. The first-order valence-electron chi connectivity index (χ1n) is 18.1. The van der Waals surface area contributed by atoms with Gasteiger partial charge in [0.15, 0.2) is 14.6 Å². The minimum Gasteiger partial charge on any atom is -0.476 e. The number of amides is 1. The quantitative estimate of drug-likeness (QED) is 0.0861. The topological polar surface area (TPSA) is 289 Å². The lowest BCUT2D eigenvalue weighted by molar-refractivity contribution is 0.0691. The molecule has 2 aromatic carbocycles. The fourth-order valence-corrected chi connectivity index (χ4v) is 7.74. The zero-order chi connectivity index (χ0) is 42.6. The molecule has 0 saturated heterocycles. The van der Waals surface area contributed by atoms with E-state index in [2.05, 4.69) is 55.8 Å². The summed E-state index contributed by atoms with van der Waals surface area (Å²) in [6.45, 7) is 2.05. The van der Waals surface area contributed by atoms with E-state index < -0.39 is 5.97 Å². The van der Waals surface area contributed by atoms with Gasteiger partial charge in [-0.05, 0) is 36.4 Å². The number of anilines is 2. The van der Waals surface area contributed by atoms with Gasteiger partial charge in [0, 0.05) is 70.5 Å². The van der Waals surface area contributed by atoms with Crippen LogP contribution in [0.15, 0.2) is 84.1 Å². The number of aromatic amines is 2. The predicted octanol–water partition coefficient (Wildman–Crippen LogP) is 6.11. The van der Waals surface area contributed by atoms with E-state index in [4.69, 9.17) is 45.5 Å². The molecule has 0 aliphatic carbocycles. The zero-order valence-corrected chi connectivity index (χ0v) is 34.6. The second-order valence-electron chi connectivity index (χ2n) is 13.0. The van der Waals surface area contributed by atoms with Crippen LogP contribution in [-0.4, -0.2) is 90.0 Å². The first kappa shape index (κ1) is 40.7. The van der Waals surface area contributed by atoms with Gasteiger partial charge in [-0.3, -0.25) is 24.4 Å². The number of thiazole rings is 2. The minimum absolute atomic E-state index is 0.00463. The number of hydrogen-bond donors (Lipinski definition) is 7. The fourth-order valence-electron chi connectivity index (χ4n) is 6.25. The van der Waals surface area contributed by atoms with Gasteiger partial charge in [0.2, 0.25) is 0 Å². The van der Waals surface area contributed by atoms with Crippen molar-refractivity contribution in [1.29, 1.82) is 0 Å². The summed E-state index contributed by atoms with van der Waals surface area (Å²) in [7, 11) is 0. The summed E-state index contributed by atoms with van der Waals surface area (Å²) in [4.78, 5) is 38.7. The largest absolute Gasteiger partial charge is 0.476 e. The summed E-state index contributed by atoms with van der Waals surface area (Å²) in [5, 5.41) is 40.7. The van der Waals surface area contributed by atoms with Gasteiger partial charge >= 0.3 is 5.97 Å². The van der Waals surface area contributed by atoms with Gasteiger partial charge < -0.3 is 27.6 Å². The molecule has 19 nitrogen and oxygen atoms in total. The standard InChI is InChI=1S/C19H15ClN8OS.C15H15N7.C4H2ClNO2S/c20-19-25-15(9-30-19)18(29)22-5-6-28-8-12-16(27-28)11-2-1-10(13-3-4-23-26-13)7-14(11)24-17(12)21;16-4-6-22-8-11-14(21-22)10-2-1-9(12-3-5-18-20-12)7-13(10)19-15(11)17;5-4-6-2(1-9-4)3(7)8/h1-4,7-9H,5-6H2,(H2,21,24)(H,22,29)(H,23,26);1-3,5,7-8H,4,6,16H2,(H2,17,19)(H,18,20);1H,(H,7,8). The number of nitrogens with two attached hydrogens (primary N) is 3. The lowest BCUT2D eigenvalue weighted by Crippen LogP contribution is -2.27. The van der Waals surface area contributed by atoms with Crippen LogP contribution in [-0.2, 0) is 13.1 Å². The molecule has 0 unspecified atom stereocenters. The molecular formula is C38H32Cl2N16O3S2. The second kappa shape index (κ2) is 17.7. The summed E-state index contributed by atoms with van der Waals surface area (Å²) in [6.07, 6.45) is 7.16. The van der Waals surface area contributed by atoms with Crippen molar-refractivity contribution in [2.45, 2.75) is 13.1 Å². The van der Waals surface area contributed by atoms with E-state index in [0.29, 0.717) is 48.0 Å². The lowest BCUT2D eigenvalue weighted by atomic mass is 10.1. The Bertz CT molecular complexity index is 3160. The number of benzene rings is 2. The SMILES string of the molecule is NCCn1cc2c(N)nc3cc(-c4ccn[nH]4)ccc3c2n1.Nc1nc2cc(-c3ccn[nH]3)ccc2c2nn(CCNC(=O)c3csc(Cl)n3)cc12.O=C(O)c1csc(Cl)n1. The molecule has 0 fully saturated rings. The molecule has 0 bridgehead atoms. The minimum atomic E-state index is -1.04. The number of rotatable bonds is 9. The summed E-state index contributed by atoms with van der Waals surface area (Å²) in [5.74, 6) is -0.426. The number of carboxylic acids is 1. The van der Waals surface area contributed by atoms with Crippen LogP contribution in [0.5, 0.6) is 0 Å². The highest BCUT2D eigenvalue weighted by Gasteiger charge is 2.15. The Labute approximate surface area is 361 Å². The van der Waals surface area contributed by atoms with Gasteiger partial charge in [-0.25, -0.2) is 24.7 Å². The maximum atomic E-state index is 12.1. The Kier molecular flexibility index (Phi) is 11.8. The third-order valence-electron chi connectivity index (χ3n) is 9.08. The second-order valence-corrected chi connectivity index (χ2v) is 15.9. The first-order chi connectivity index (χ1) is 29.5. The molecule has 23 heteroatoms. The molecule has 0 spiro atoms. The number of halogens is 2. The van der Waals surface area contributed by atoms with Crippen molar-refractivity contribution in [1.82, 2.24) is 65.2 Å². The molecule has 10 N–H and O–H groups in total. The van der Waals surface area contributed by atoms with Crippen molar-refractivity contribution in [3.05, 3.63) is 104 Å². The van der Waals surface area contributed by atoms with Crippen LogP contribution in [0.3, 0.4) is 0 Å². The number of nitrogens with one attached hydrogen (secondary N) is 3. The number of aromatic nitrogens is 12. The average molecular weight is 896 g/mol. The molecular weight excluding hydrogens is 864 g/mol. The van der Waals surface area contributed by atoms with Gasteiger partial charge in [-0.1, -0.05) is 35.3 Å². The number of pyridine rings is 2. The van der Waals surface area contributed by atoms with Crippen LogP contribution in [0.2, 0.25) is 8.93 Å². The van der Waals surface area contributed by atoms with Crippen molar-refractivity contribution in [3.8, 4) is 22.5 Å². The van der Waals surface area contributed by atoms with E-state index >= 15 is 0 Å². The highest BCUT2D eigenvalue weighted by Crippen LogP contribution is 2.31. The average Bonchev–Trinajstić information content (AvgIpc) is 4.10. The number of hydrogen-bond acceptors (Lipinski definition) is 15. The zero-order valence-electron chi connectivity index (χ0n) is 31.5. The maximum absolute atomic E-state index is 12.1. The van der Waals surface area contributed by atoms with Gasteiger partial charge in [-0.15, -0.1) is 22.7 Å². The van der Waals surface area contributed by atoms with E-state index in [1.165, 1.54) is 16.7 Å². The van der Waals surface area contributed by atoms with Gasteiger partial charge in [0.1, 0.15) is 28.4 Å². The van der Waals surface area contributed by atoms with Crippen molar-refractivity contribution >= 4 is 113 Å². The summed E-state index contributed by atoms with van der Waals surface area (Å²) >= 11 is 13.4. The molecule has 10 aromatic rings. The first-order valence-corrected chi connectivity index (χ1v) is 20.6. The van der Waals surface area contributed by atoms with Crippen LogP contribution in [0, 0.1) is 0 Å². The number of H-pyrrole nitrogens is 2. The van der Waals surface area contributed by atoms with E-state index in [1.807, 2.05) is 65.6 Å². The molecule has 61 heavy (non-hydrogen) atoms. The Morgan fingerprint density at radius 3 is 1.64 bits per heavy atom. The molecule has 8 heterocycles. The molecule has 308 valence electrons. The van der Waals surface area contributed by atoms with E-state index in [9.17, 15) is 9.59 Å². The number of carbonyl (C=O) groups is 2. The molecule has 10 rings (SSSR count). The third-order valence-corrected chi connectivity index (χ3v) is 11.0. The van der Waals surface area contributed by atoms with E-state index in [0.717, 1.165) is 77.5 Å². The Morgan fingerprint density at radius 1 is 0.705 bits per heavy atom. The van der Waals surface area contributed by atoms with Crippen molar-refractivity contribution < 1.29 is 14.7 Å². The Balaban J connectivity index is 0.000000144. The lowest BCUT2D eigenvalue weighted by Gasteiger charge is -2.04. The predicted molar refractivity (Wildman–Crippen MR) is 237 cm³/mol. The summed E-state index contributed by atoms with van der Waals surface area (Å²) in [6, 6.07) is 15.8. The van der Waals surface area contributed by atoms with Crippen LogP contribution in [0.4, 0.5) is 11.6 Å². The van der Waals surface area contributed by atoms with Crippen molar-refractivity contribution in [3.63, 3.8) is 0 Å². The summed E-state index contributed by atoms with van der Waals surface area (Å²) in [5.41, 5.74) is 25.2. The van der Waals surface area contributed by atoms with Gasteiger partial charge in [0.25, 0.3) is 5.91 Å². The fraction of sp³-hybridized carbons (Fsp3) is 0.105. The molecule has 0 aliphatic rings.